The molecule has 0 bridgehead atoms. The first kappa shape index (κ1) is 20.7. The molecule has 0 aliphatic rings. The van der Waals surface area contributed by atoms with Gasteiger partial charge in [-0.05, 0) is 43.2 Å². The maximum Gasteiger partial charge on any atom is 0.292 e. The Hall–Kier alpha value is -4.52. The van der Waals surface area contributed by atoms with Crippen LogP contribution < -0.4 is 11.1 Å². The van der Waals surface area contributed by atoms with Crippen LogP contribution in [0.4, 0.5) is 10.2 Å². The summed E-state index contributed by atoms with van der Waals surface area (Å²) in [4.78, 5) is 16.3. The number of carbonyl (C=O) groups excluding carboxylic acids is 1. The highest BCUT2D eigenvalue weighted by atomic mass is 19.1. The van der Waals surface area contributed by atoms with Gasteiger partial charge in [0, 0.05) is 12.1 Å². The lowest BCUT2D eigenvalue weighted by Gasteiger charge is -2.02. The van der Waals surface area contributed by atoms with Crippen LogP contribution in [0.25, 0.3) is 17.1 Å². The largest absolute Gasteiger partial charge is 0.382 e. The molecule has 0 aliphatic heterocycles. The number of nitrogens with zero attached hydrogens (tertiary/aromatic N) is 5. The van der Waals surface area contributed by atoms with Crippen LogP contribution in [-0.4, -0.2) is 32.4 Å². The molecule has 1 amide bonds. The third-order valence-corrected chi connectivity index (χ3v) is 4.68. The second-order valence-corrected chi connectivity index (χ2v) is 6.86. The van der Waals surface area contributed by atoms with E-state index < -0.39 is 11.7 Å². The third-order valence-electron chi connectivity index (χ3n) is 4.68. The highest BCUT2D eigenvalue weighted by Crippen LogP contribution is 2.21. The summed E-state index contributed by atoms with van der Waals surface area (Å²) in [7, 11) is 0. The van der Waals surface area contributed by atoms with Gasteiger partial charge in [-0.25, -0.2) is 9.07 Å². The monoisotopic (exact) mass is 431 g/mol. The molecule has 0 radical (unpaired) electrons. The summed E-state index contributed by atoms with van der Waals surface area (Å²) in [5.41, 5.74) is 8.10. The number of nitrogens with one attached hydrogen (secondary N) is 1. The second kappa shape index (κ2) is 9.09. The Morgan fingerprint density at radius 2 is 2.03 bits per heavy atom. The molecule has 0 saturated carbocycles. The molecule has 10 heteroatoms. The Kier molecular flexibility index (Phi) is 5.89. The fourth-order valence-corrected chi connectivity index (χ4v) is 3.13. The molecule has 0 atom stereocenters. The summed E-state index contributed by atoms with van der Waals surface area (Å²) in [6, 6.07) is 17.0. The van der Waals surface area contributed by atoms with E-state index in [0.29, 0.717) is 36.2 Å². The molecular formula is C22H18FN7O2. The molecule has 0 saturated heterocycles. The van der Waals surface area contributed by atoms with Crippen molar-refractivity contribution in [2.24, 2.45) is 0 Å². The number of para-hydroxylation sites is 1. The quantitative estimate of drug-likeness (QED) is 0.429. The van der Waals surface area contributed by atoms with Gasteiger partial charge in [-0.1, -0.05) is 29.4 Å². The summed E-state index contributed by atoms with van der Waals surface area (Å²) in [6.45, 7) is 0.297. The molecule has 0 unspecified atom stereocenters. The maximum absolute atomic E-state index is 13.3. The number of amides is 1. The van der Waals surface area contributed by atoms with Gasteiger partial charge < -0.3 is 15.6 Å². The average molecular weight is 431 g/mol. The smallest absolute Gasteiger partial charge is 0.292 e. The van der Waals surface area contributed by atoms with Crippen LogP contribution in [0.5, 0.6) is 0 Å². The minimum absolute atomic E-state index is 0.0511. The van der Waals surface area contributed by atoms with E-state index in [4.69, 9.17) is 10.3 Å². The second-order valence-electron chi connectivity index (χ2n) is 6.86. The van der Waals surface area contributed by atoms with E-state index in [-0.39, 0.29) is 17.5 Å². The normalized spacial score (nSPS) is 10.6. The molecular weight excluding hydrogens is 413 g/mol. The predicted octanol–water partition coefficient (Wildman–Crippen LogP) is 2.88. The van der Waals surface area contributed by atoms with Crippen molar-refractivity contribution in [1.82, 2.24) is 25.2 Å². The summed E-state index contributed by atoms with van der Waals surface area (Å²) in [5.74, 6) is -0.797. The molecule has 3 N–H and O–H groups in total. The Bertz CT molecular complexity index is 1290. The van der Waals surface area contributed by atoms with E-state index in [1.54, 1.807) is 6.07 Å². The van der Waals surface area contributed by atoms with Crippen molar-refractivity contribution in [2.45, 2.75) is 12.8 Å². The fraction of sp³-hybridized carbons (Fsp3) is 0.136. The first-order valence-electron chi connectivity index (χ1n) is 9.77. The summed E-state index contributed by atoms with van der Waals surface area (Å²) >= 11 is 0. The molecule has 2 heterocycles. The topological polar surface area (TPSA) is 136 Å². The van der Waals surface area contributed by atoms with E-state index in [0.717, 1.165) is 5.69 Å². The van der Waals surface area contributed by atoms with E-state index in [1.807, 2.05) is 30.3 Å². The van der Waals surface area contributed by atoms with E-state index in [1.165, 1.54) is 22.9 Å². The van der Waals surface area contributed by atoms with Gasteiger partial charge in [0.15, 0.2) is 0 Å². The molecule has 2 aromatic carbocycles. The van der Waals surface area contributed by atoms with Crippen molar-refractivity contribution < 1.29 is 13.7 Å². The molecule has 0 aliphatic carbocycles. The van der Waals surface area contributed by atoms with Crippen molar-refractivity contribution in [3.05, 3.63) is 77.5 Å². The number of rotatable bonds is 7. The van der Waals surface area contributed by atoms with E-state index >= 15 is 0 Å². The minimum atomic E-state index is -0.522. The van der Waals surface area contributed by atoms with Crippen molar-refractivity contribution >= 4 is 11.7 Å². The molecule has 32 heavy (non-hydrogen) atoms. The zero-order valence-electron chi connectivity index (χ0n) is 16.8. The Balaban J connectivity index is 1.36. The number of nitrogens with two attached hydrogens (primary N) is 1. The number of nitrogen functional groups attached to an aromatic ring is 1. The number of hydrogen-bond acceptors (Lipinski definition) is 7. The zero-order chi connectivity index (χ0) is 22.5. The number of nitriles is 1. The van der Waals surface area contributed by atoms with Crippen LogP contribution in [-0.2, 0) is 6.42 Å². The lowest BCUT2D eigenvalue weighted by Crippen LogP contribution is -2.25. The summed E-state index contributed by atoms with van der Waals surface area (Å²) in [5, 5.41) is 20.2. The predicted molar refractivity (Wildman–Crippen MR) is 113 cm³/mol. The highest BCUT2D eigenvalue weighted by molar-refractivity contribution is 5.90. The molecule has 0 fully saturated rings. The van der Waals surface area contributed by atoms with Gasteiger partial charge in [0.2, 0.25) is 0 Å². The standard InChI is InChI=1S/C22H18FN7O2/c23-15-7-4-6-14(12-15)22-27-20(29-32-22)21(31)26-11-5-10-18-17(13-24)19(25)30(28-18)16-8-2-1-3-9-16/h1-4,6-9,12H,5,10-11,25H2,(H,26,31). The Morgan fingerprint density at radius 1 is 1.22 bits per heavy atom. The van der Waals surface area contributed by atoms with E-state index in [2.05, 4.69) is 26.6 Å². The number of halogens is 1. The number of aryl methyl sites for hydroxylation is 1. The van der Waals surface area contributed by atoms with Crippen molar-refractivity contribution in [3.63, 3.8) is 0 Å². The van der Waals surface area contributed by atoms with Crippen LogP contribution >= 0.6 is 0 Å². The van der Waals surface area contributed by atoms with E-state index in [9.17, 15) is 14.4 Å². The summed E-state index contributed by atoms with van der Waals surface area (Å²) < 4.78 is 19.9. The number of carbonyl (C=O) groups is 1. The van der Waals surface area contributed by atoms with Gasteiger partial charge in [0.1, 0.15) is 23.3 Å². The number of anilines is 1. The lowest BCUT2D eigenvalue weighted by atomic mass is 10.1. The van der Waals surface area contributed by atoms with Crippen molar-refractivity contribution in [3.8, 4) is 23.2 Å². The third kappa shape index (κ3) is 4.32. The lowest BCUT2D eigenvalue weighted by molar-refractivity contribution is 0.0940. The highest BCUT2D eigenvalue weighted by Gasteiger charge is 2.18. The van der Waals surface area contributed by atoms with Crippen LogP contribution in [0.1, 0.15) is 28.3 Å². The van der Waals surface area contributed by atoms with Crippen LogP contribution in [0.3, 0.4) is 0 Å². The number of aromatic nitrogens is 4. The average Bonchev–Trinajstić information content (AvgIpc) is 3.42. The molecule has 4 aromatic rings. The molecule has 0 spiro atoms. The molecule has 4 rings (SSSR count). The van der Waals surface area contributed by atoms with Gasteiger partial charge in [0.25, 0.3) is 17.6 Å². The SMILES string of the molecule is N#Cc1c(CCCNC(=O)c2noc(-c3cccc(F)c3)n2)nn(-c2ccccc2)c1N. The van der Waals surface area contributed by atoms with Gasteiger partial charge in [0.05, 0.1) is 11.4 Å². The van der Waals surface area contributed by atoms with Crippen LogP contribution in [0, 0.1) is 17.1 Å². The van der Waals surface area contributed by atoms with Gasteiger partial charge in [-0.2, -0.15) is 15.3 Å². The Morgan fingerprint density at radius 3 is 2.78 bits per heavy atom. The van der Waals surface area contributed by atoms with Crippen LogP contribution in [0.2, 0.25) is 0 Å². The van der Waals surface area contributed by atoms with Crippen molar-refractivity contribution in [2.75, 3.05) is 12.3 Å². The molecule has 9 nitrogen and oxygen atoms in total. The number of benzene rings is 2. The maximum atomic E-state index is 13.3. The molecule has 160 valence electrons. The fourth-order valence-electron chi connectivity index (χ4n) is 3.13. The van der Waals surface area contributed by atoms with Crippen molar-refractivity contribution in [1.29, 1.82) is 5.26 Å². The van der Waals surface area contributed by atoms with Gasteiger partial charge in [-0.15, -0.1) is 0 Å². The zero-order valence-corrected chi connectivity index (χ0v) is 16.8. The summed E-state index contributed by atoms with van der Waals surface area (Å²) in [6.07, 6.45) is 0.953. The molecule has 2 aromatic heterocycles. The number of hydrogen-bond donors (Lipinski definition) is 2. The van der Waals surface area contributed by atoms with Crippen LogP contribution in [0.15, 0.2) is 59.1 Å². The van der Waals surface area contributed by atoms with Gasteiger partial charge >= 0.3 is 0 Å². The Labute approximate surface area is 182 Å². The first-order valence-corrected chi connectivity index (χ1v) is 9.77. The first-order chi connectivity index (χ1) is 15.6. The van der Waals surface area contributed by atoms with Gasteiger partial charge in [-0.3, -0.25) is 4.79 Å². The minimum Gasteiger partial charge on any atom is -0.382 e.